The number of amides is 3. The van der Waals surface area contributed by atoms with Gasteiger partial charge in [-0.3, -0.25) is 19.3 Å². The van der Waals surface area contributed by atoms with Gasteiger partial charge in [-0.1, -0.05) is 35.3 Å². The second kappa shape index (κ2) is 11.5. The highest BCUT2D eigenvalue weighted by Gasteiger charge is 2.39. The molecular formula is C27H20Cl2FN3O6. The molecule has 0 bridgehead atoms. The number of furan rings is 1. The fourth-order valence-corrected chi connectivity index (χ4v) is 4.12. The Labute approximate surface area is 231 Å². The quantitative estimate of drug-likeness (QED) is 0.248. The van der Waals surface area contributed by atoms with E-state index in [0.29, 0.717) is 5.02 Å². The van der Waals surface area contributed by atoms with Crippen molar-refractivity contribution < 1.29 is 32.7 Å². The molecule has 3 amide bonds. The van der Waals surface area contributed by atoms with Gasteiger partial charge in [0.2, 0.25) is 0 Å². The van der Waals surface area contributed by atoms with Crippen LogP contribution in [0.4, 0.5) is 15.8 Å². The molecule has 0 atom stereocenters. The zero-order chi connectivity index (χ0) is 28.3. The molecule has 1 aliphatic rings. The highest BCUT2D eigenvalue weighted by Crippen LogP contribution is 2.36. The van der Waals surface area contributed by atoms with Crippen LogP contribution in [0, 0.1) is 5.82 Å². The van der Waals surface area contributed by atoms with Gasteiger partial charge < -0.3 is 19.8 Å². The summed E-state index contributed by atoms with van der Waals surface area (Å²) in [6.45, 7) is 1.36. The Hall–Kier alpha value is -4.41. The van der Waals surface area contributed by atoms with Crippen molar-refractivity contribution in [3.8, 4) is 0 Å². The molecule has 12 heteroatoms. The Kier molecular flexibility index (Phi) is 8.18. The lowest BCUT2D eigenvalue weighted by atomic mass is 10.1. The summed E-state index contributed by atoms with van der Waals surface area (Å²) in [5, 5.41) is 5.32. The minimum atomic E-state index is -0.935. The van der Waals surface area contributed by atoms with Crippen LogP contribution in [-0.4, -0.2) is 30.8 Å². The Morgan fingerprint density at radius 3 is 2.49 bits per heavy atom. The second-order valence-electron chi connectivity index (χ2n) is 8.17. The van der Waals surface area contributed by atoms with Gasteiger partial charge in [0.1, 0.15) is 17.3 Å². The summed E-state index contributed by atoms with van der Waals surface area (Å²) < 4.78 is 25.0. The molecular weight excluding hydrogens is 552 g/mol. The van der Waals surface area contributed by atoms with E-state index in [1.807, 2.05) is 0 Å². The number of methoxy groups -OCH3 is 1. The number of ether oxygens (including phenoxy) is 1. The largest absolute Gasteiger partial charge is 0.465 e. The maximum Gasteiger partial charge on any atom is 0.340 e. The molecule has 1 aliphatic heterocycles. The molecule has 0 radical (unpaired) electrons. The first-order valence-corrected chi connectivity index (χ1v) is 12.1. The predicted octanol–water partition coefficient (Wildman–Crippen LogP) is 4.86. The molecule has 0 saturated carbocycles. The zero-order valence-electron chi connectivity index (χ0n) is 20.5. The van der Waals surface area contributed by atoms with Crippen molar-refractivity contribution >= 4 is 64.3 Å². The summed E-state index contributed by atoms with van der Waals surface area (Å²) in [6, 6.07) is 13.1. The van der Waals surface area contributed by atoms with E-state index >= 15 is 0 Å². The highest BCUT2D eigenvalue weighted by molar-refractivity contribution is 6.43. The smallest absolute Gasteiger partial charge is 0.340 e. The van der Waals surface area contributed by atoms with Crippen molar-refractivity contribution in [2.45, 2.75) is 13.5 Å². The first-order valence-electron chi connectivity index (χ1n) is 11.3. The molecule has 0 spiro atoms. The van der Waals surface area contributed by atoms with Crippen LogP contribution in [0.1, 0.15) is 18.4 Å². The fraction of sp³-hybridized carbons (Fsp3) is 0.111. The average molecular weight is 572 g/mol. The number of rotatable bonds is 6. The van der Waals surface area contributed by atoms with E-state index in [0.717, 1.165) is 4.90 Å². The normalized spacial score (nSPS) is 14.1. The zero-order valence-corrected chi connectivity index (χ0v) is 22.0. The third-order valence-corrected chi connectivity index (χ3v) is 6.40. The maximum atomic E-state index is 14.5. The van der Waals surface area contributed by atoms with E-state index in [-0.39, 0.29) is 51.3 Å². The van der Waals surface area contributed by atoms with Crippen molar-refractivity contribution in [2.24, 2.45) is 0 Å². The van der Waals surface area contributed by atoms with Gasteiger partial charge in [0, 0.05) is 11.4 Å². The summed E-state index contributed by atoms with van der Waals surface area (Å²) in [6.07, 6.45) is 1.32. The van der Waals surface area contributed by atoms with Crippen LogP contribution in [0.3, 0.4) is 0 Å². The number of para-hydroxylation sites is 1. The van der Waals surface area contributed by atoms with Gasteiger partial charge in [0.15, 0.2) is 0 Å². The molecule has 3 aromatic rings. The van der Waals surface area contributed by atoms with Crippen molar-refractivity contribution in [3.63, 3.8) is 0 Å². The van der Waals surface area contributed by atoms with Crippen LogP contribution in [0.25, 0.3) is 6.08 Å². The maximum absolute atomic E-state index is 14.5. The number of benzene rings is 2. The standard InChI is InChI=1S/C27H20Cl2FN3O6/c1-14-23(27(37)38-2)18(26(36)33(14)22-6-4-3-5-21(22)30)12-16-8-9-17(39-16)13-31-24(34)25(35)32-15-7-10-19(28)20(29)11-15/h3-12H,13H2,1-2H3,(H,31,34)(H,32,35)/b18-12+. The van der Waals surface area contributed by atoms with Gasteiger partial charge in [0.25, 0.3) is 5.91 Å². The van der Waals surface area contributed by atoms with Crippen molar-refractivity contribution in [1.29, 1.82) is 0 Å². The van der Waals surface area contributed by atoms with Crippen LogP contribution < -0.4 is 15.5 Å². The first-order chi connectivity index (χ1) is 18.6. The molecule has 2 heterocycles. The minimum absolute atomic E-state index is 0.0215. The van der Waals surface area contributed by atoms with Crippen LogP contribution in [-0.2, 0) is 30.5 Å². The Balaban J connectivity index is 1.49. The molecule has 39 heavy (non-hydrogen) atoms. The van der Waals surface area contributed by atoms with Gasteiger partial charge >= 0.3 is 17.8 Å². The monoisotopic (exact) mass is 571 g/mol. The molecule has 9 nitrogen and oxygen atoms in total. The third-order valence-electron chi connectivity index (χ3n) is 5.66. The van der Waals surface area contributed by atoms with Crippen LogP contribution >= 0.6 is 23.2 Å². The molecule has 2 aromatic carbocycles. The van der Waals surface area contributed by atoms with Crippen molar-refractivity contribution in [3.05, 3.63) is 98.8 Å². The number of esters is 1. The van der Waals surface area contributed by atoms with Gasteiger partial charge in [-0.15, -0.1) is 0 Å². The Morgan fingerprint density at radius 2 is 1.79 bits per heavy atom. The predicted molar refractivity (Wildman–Crippen MR) is 142 cm³/mol. The summed E-state index contributed by atoms with van der Waals surface area (Å²) in [7, 11) is 1.17. The van der Waals surface area contributed by atoms with Crippen molar-refractivity contribution in [2.75, 3.05) is 17.3 Å². The number of carbonyl (C=O) groups excluding carboxylic acids is 4. The topological polar surface area (TPSA) is 118 Å². The molecule has 0 fully saturated rings. The summed E-state index contributed by atoms with van der Waals surface area (Å²) >= 11 is 11.7. The summed E-state index contributed by atoms with van der Waals surface area (Å²) in [4.78, 5) is 51.3. The molecule has 0 aliphatic carbocycles. The van der Waals surface area contributed by atoms with Gasteiger partial charge in [-0.25, -0.2) is 9.18 Å². The lowest BCUT2D eigenvalue weighted by molar-refractivity contribution is -0.136. The number of carbonyl (C=O) groups is 4. The second-order valence-corrected chi connectivity index (χ2v) is 8.99. The molecule has 200 valence electrons. The molecule has 4 rings (SSSR count). The minimum Gasteiger partial charge on any atom is -0.465 e. The molecule has 0 unspecified atom stereocenters. The number of hydrogen-bond donors (Lipinski definition) is 2. The van der Waals surface area contributed by atoms with Crippen LogP contribution in [0.15, 0.2) is 75.9 Å². The van der Waals surface area contributed by atoms with Gasteiger partial charge in [-0.05, 0) is 55.5 Å². The van der Waals surface area contributed by atoms with E-state index in [4.69, 9.17) is 32.4 Å². The van der Waals surface area contributed by atoms with E-state index in [1.165, 1.54) is 68.6 Å². The van der Waals surface area contributed by atoms with Crippen LogP contribution in [0.2, 0.25) is 10.0 Å². The van der Waals surface area contributed by atoms with Crippen LogP contribution in [0.5, 0.6) is 0 Å². The molecule has 2 N–H and O–H groups in total. The lowest BCUT2D eigenvalue weighted by Crippen LogP contribution is -2.34. The number of nitrogens with zero attached hydrogens (tertiary/aromatic N) is 1. The number of allylic oxidation sites excluding steroid dienone is 1. The number of hydrogen-bond acceptors (Lipinski definition) is 6. The highest BCUT2D eigenvalue weighted by atomic mass is 35.5. The third kappa shape index (κ3) is 5.87. The Bertz CT molecular complexity index is 1560. The Morgan fingerprint density at radius 1 is 1.05 bits per heavy atom. The SMILES string of the molecule is COC(=O)C1=C(C)N(c2ccccc2F)C(=O)/C1=C/c1ccc(CNC(=O)C(=O)Nc2ccc(Cl)c(Cl)c2)o1. The van der Waals surface area contributed by atoms with E-state index in [1.54, 1.807) is 6.07 Å². The average Bonchev–Trinajstić information content (AvgIpc) is 3.46. The number of halogens is 3. The van der Waals surface area contributed by atoms with Crippen molar-refractivity contribution in [1.82, 2.24) is 5.32 Å². The van der Waals surface area contributed by atoms with Gasteiger partial charge in [0.05, 0.1) is 40.5 Å². The summed E-state index contributed by atoms with van der Waals surface area (Å²) in [5.41, 5.74) is 0.346. The first kappa shape index (κ1) is 27.6. The van der Waals surface area contributed by atoms with Gasteiger partial charge in [-0.2, -0.15) is 0 Å². The fourth-order valence-electron chi connectivity index (χ4n) is 3.82. The number of nitrogens with one attached hydrogen (secondary N) is 2. The lowest BCUT2D eigenvalue weighted by Gasteiger charge is -2.18. The molecule has 0 saturated heterocycles. The molecule has 1 aromatic heterocycles. The summed E-state index contributed by atoms with van der Waals surface area (Å²) in [5.74, 6) is -3.51. The van der Waals surface area contributed by atoms with E-state index < -0.39 is 29.5 Å². The number of anilines is 2. The van der Waals surface area contributed by atoms with E-state index in [2.05, 4.69) is 10.6 Å². The van der Waals surface area contributed by atoms with E-state index in [9.17, 15) is 23.6 Å².